The molecule has 0 N–H and O–H groups in total. The standard InChI is InChI=1S/C18H18O2/c1-13-4-2-7-17(10-13)20-12-18(19)16-9-8-14-5-3-6-15(14)11-16/h2,4,7-11H,3,5-6,12H2,1H3. The second-order valence-corrected chi connectivity index (χ2v) is 5.37. The van der Waals surface area contributed by atoms with Crippen LogP contribution in [-0.2, 0) is 12.8 Å². The van der Waals surface area contributed by atoms with Crippen molar-refractivity contribution < 1.29 is 9.53 Å². The third-order valence-corrected chi connectivity index (χ3v) is 3.78. The number of hydrogen-bond acceptors (Lipinski definition) is 2. The van der Waals surface area contributed by atoms with Crippen molar-refractivity contribution in [3.8, 4) is 5.75 Å². The van der Waals surface area contributed by atoms with Crippen LogP contribution in [0.25, 0.3) is 0 Å². The van der Waals surface area contributed by atoms with Gasteiger partial charge < -0.3 is 4.74 Å². The van der Waals surface area contributed by atoms with Gasteiger partial charge in [0.2, 0.25) is 0 Å². The van der Waals surface area contributed by atoms with Crippen LogP contribution in [0.2, 0.25) is 0 Å². The highest BCUT2D eigenvalue weighted by molar-refractivity contribution is 5.97. The molecule has 0 unspecified atom stereocenters. The summed E-state index contributed by atoms with van der Waals surface area (Å²) in [7, 11) is 0. The van der Waals surface area contributed by atoms with Gasteiger partial charge in [0.25, 0.3) is 0 Å². The highest BCUT2D eigenvalue weighted by atomic mass is 16.5. The summed E-state index contributed by atoms with van der Waals surface area (Å²) in [5.74, 6) is 0.792. The summed E-state index contributed by atoms with van der Waals surface area (Å²) in [6.45, 7) is 2.11. The van der Waals surface area contributed by atoms with Gasteiger partial charge in [-0.25, -0.2) is 0 Å². The molecule has 0 aliphatic heterocycles. The molecular formula is C18H18O2. The van der Waals surface area contributed by atoms with Gasteiger partial charge in [0.1, 0.15) is 5.75 Å². The highest BCUT2D eigenvalue weighted by Crippen LogP contribution is 2.23. The first-order valence-electron chi connectivity index (χ1n) is 7.07. The second-order valence-electron chi connectivity index (χ2n) is 5.37. The zero-order valence-electron chi connectivity index (χ0n) is 11.7. The number of aryl methyl sites for hydroxylation is 3. The molecule has 0 fully saturated rings. The first-order chi connectivity index (χ1) is 9.72. The molecule has 0 saturated carbocycles. The fourth-order valence-corrected chi connectivity index (χ4v) is 2.68. The summed E-state index contributed by atoms with van der Waals surface area (Å²) in [4.78, 5) is 12.2. The van der Waals surface area contributed by atoms with Crippen LogP contribution in [0.3, 0.4) is 0 Å². The molecule has 3 rings (SSSR count). The Bertz CT molecular complexity index is 644. The summed E-state index contributed by atoms with van der Waals surface area (Å²) in [5, 5.41) is 0. The Morgan fingerprint density at radius 1 is 1.10 bits per heavy atom. The summed E-state index contributed by atoms with van der Waals surface area (Å²) in [6, 6.07) is 13.8. The molecule has 1 aliphatic rings. The molecule has 0 atom stereocenters. The Hall–Kier alpha value is -2.09. The monoisotopic (exact) mass is 266 g/mol. The van der Waals surface area contributed by atoms with E-state index in [1.165, 1.54) is 17.5 Å². The number of carbonyl (C=O) groups is 1. The van der Waals surface area contributed by atoms with Crippen LogP contribution in [0, 0.1) is 6.92 Å². The predicted molar refractivity (Wildman–Crippen MR) is 79.5 cm³/mol. The summed E-state index contributed by atoms with van der Waals surface area (Å²) >= 11 is 0. The topological polar surface area (TPSA) is 26.3 Å². The number of Topliss-reactive ketones (excluding diaryl/α,β-unsaturated/α-hetero) is 1. The van der Waals surface area contributed by atoms with Crippen LogP contribution in [0.5, 0.6) is 5.75 Å². The molecule has 2 heteroatoms. The molecule has 0 heterocycles. The van der Waals surface area contributed by atoms with Crippen LogP contribution < -0.4 is 4.74 Å². The van der Waals surface area contributed by atoms with Gasteiger partial charge in [-0.05, 0) is 61.1 Å². The van der Waals surface area contributed by atoms with E-state index in [0.29, 0.717) is 0 Å². The van der Waals surface area contributed by atoms with Gasteiger partial charge in [-0.2, -0.15) is 0 Å². The third-order valence-electron chi connectivity index (χ3n) is 3.78. The van der Waals surface area contributed by atoms with E-state index in [-0.39, 0.29) is 12.4 Å². The molecule has 0 saturated heterocycles. The minimum atomic E-state index is 0.0428. The van der Waals surface area contributed by atoms with E-state index in [0.717, 1.165) is 29.7 Å². The molecule has 0 amide bonds. The van der Waals surface area contributed by atoms with E-state index in [1.54, 1.807) is 0 Å². The van der Waals surface area contributed by atoms with Gasteiger partial charge in [-0.3, -0.25) is 4.79 Å². The van der Waals surface area contributed by atoms with E-state index in [4.69, 9.17) is 4.74 Å². The zero-order valence-corrected chi connectivity index (χ0v) is 11.7. The SMILES string of the molecule is Cc1cccc(OCC(=O)c2ccc3c(c2)CCC3)c1. The normalized spacial score (nSPS) is 13.1. The van der Waals surface area contributed by atoms with E-state index >= 15 is 0 Å². The molecule has 0 radical (unpaired) electrons. The first-order valence-corrected chi connectivity index (χ1v) is 7.07. The lowest BCUT2D eigenvalue weighted by Gasteiger charge is -2.07. The van der Waals surface area contributed by atoms with E-state index in [2.05, 4.69) is 6.07 Å². The Morgan fingerprint density at radius 3 is 2.80 bits per heavy atom. The maximum Gasteiger partial charge on any atom is 0.200 e. The van der Waals surface area contributed by atoms with Crippen molar-refractivity contribution in [2.45, 2.75) is 26.2 Å². The second kappa shape index (κ2) is 5.49. The predicted octanol–water partition coefficient (Wildman–Crippen LogP) is 3.75. The first kappa shape index (κ1) is 12.9. The summed E-state index contributed by atoms with van der Waals surface area (Å²) in [6.07, 6.45) is 3.44. The lowest BCUT2D eigenvalue weighted by molar-refractivity contribution is 0.0921. The lowest BCUT2D eigenvalue weighted by Crippen LogP contribution is -2.12. The molecule has 1 aliphatic carbocycles. The number of benzene rings is 2. The average molecular weight is 266 g/mol. The average Bonchev–Trinajstić information content (AvgIpc) is 2.92. The molecule has 102 valence electrons. The quantitative estimate of drug-likeness (QED) is 0.788. The van der Waals surface area contributed by atoms with Crippen LogP contribution >= 0.6 is 0 Å². The third kappa shape index (κ3) is 2.74. The fraction of sp³-hybridized carbons (Fsp3) is 0.278. The van der Waals surface area contributed by atoms with Crippen molar-refractivity contribution in [2.75, 3.05) is 6.61 Å². The van der Waals surface area contributed by atoms with Crippen molar-refractivity contribution in [1.29, 1.82) is 0 Å². The Morgan fingerprint density at radius 2 is 1.95 bits per heavy atom. The minimum Gasteiger partial charge on any atom is -0.485 e. The summed E-state index contributed by atoms with van der Waals surface area (Å²) in [5.41, 5.74) is 4.61. The number of ether oxygens (including phenoxy) is 1. The van der Waals surface area contributed by atoms with E-state index < -0.39 is 0 Å². The van der Waals surface area contributed by atoms with Crippen molar-refractivity contribution in [3.05, 3.63) is 64.7 Å². The number of carbonyl (C=O) groups excluding carboxylic acids is 1. The highest BCUT2D eigenvalue weighted by Gasteiger charge is 2.14. The number of hydrogen-bond donors (Lipinski definition) is 0. The van der Waals surface area contributed by atoms with Crippen molar-refractivity contribution in [1.82, 2.24) is 0 Å². The Labute approximate surface area is 119 Å². The molecule has 2 aromatic carbocycles. The van der Waals surface area contributed by atoms with Crippen molar-refractivity contribution >= 4 is 5.78 Å². The number of rotatable bonds is 4. The molecule has 20 heavy (non-hydrogen) atoms. The van der Waals surface area contributed by atoms with E-state index in [1.807, 2.05) is 43.3 Å². The lowest BCUT2D eigenvalue weighted by atomic mass is 10.0. The fourth-order valence-electron chi connectivity index (χ4n) is 2.68. The van der Waals surface area contributed by atoms with Gasteiger partial charge in [0, 0.05) is 5.56 Å². The largest absolute Gasteiger partial charge is 0.485 e. The molecule has 0 bridgehead atoms. The van der Waals surface area contributed by atoms with E-state index in [9.17, 15) is 4.79 Å². The van der Waals surface area contributed by atoms with Gasteiger partial charge in [-0.1, -0.05) is 24.3 Å². The Kier molecular flexibility index (Phi) is 3.55. The van der Waals surface area contributed by atoms with Crippen LogP contribution in [-0.4, -0.2) is 12.4 Å². The van der Waals surface area contributed by atoms with Gasteiger partial charge in [0.15, 0.2) is 12.4 Å². The van der Waals surface area contributed by atoms with Crippen LogP contribution in [0.15, 0.2) is 42.5 Å². The minimum absolute atomic E-state index is 0.0428. The molecule has 0 aromatic heterocycles. The molecule has 0 spiro atoms. The molecule has 2 aromatic rings. The van der Waals surface area contributed by atoms with Crippen LogP contribution in [0.1, 0.15) is 33.5 Å². The molecular weight excluding hydrogens is 248 g/mol. The van der Waals surface area contributed by atoms with Gasteiger partial charge in [0.05, 0.1) is 0 Å². The zero-order chi connectivity index (χ0) is 13.9. The van der Waals surface area contributed by atoms with Gasteiger partial charge >= 0.3 is 0 Å². The van der Waals surface area contributed by atoms with Crippen molar-refractivity contribution in [2.24, 2.45) is 0 Å². The van der Waals surface area contributed by atoms with Gasteiger partial charge in [-0.15, -0.1) is 0 Å². The summed E-state index contributed by atoms with van der Waals surface area (Å²) < 4.78 is 5.57. The number of ketones is 1. The molecule has 2 nitrogen and oxygen atoms in total. The maximum absolute atomic E-state index is 12.2. The smallest absolute Gasteiger partial charge is 0.200 e. The maximum atomic E-state index is 12.2. The number of fused-ring (bicyclic) bond motifs is 1. The van der Waals surface area contributed by atoms with Crippen molar-refractivity contribution in [3.63, 3.8) is 0 Å². The Balaban J connectivity index is 1.67. The van der Waals surface area contributed by atoms with Crippen LogP contribution in [0.4, 0.5) is 0 Å².